The van der Waals surface area contributed by atoms with Gasteiger partial charge in [0.1, 0.15) is 0 Å². The van der Waals surface area contributed by atoms with E-state index in [2.05, 4.69) is 0 Å². The molecule has 0 aliphatic heterocycles. The average Bonchev–Trinajstić information content (AvgIpc) is 2.08. The lowest BCUT2D eigenvalue weighted by Gasteiger charge is -2.12. The van der Waals surface area contributed by atoms with Crippen molar-refractivity contribution in [3.63, 3.8) is 0 Å². The first-order chi connectivity index (χ1) is 6.04. The van der Waals surface area contributed by atoms with Gasteiger partial charge >= 0.3 is 0 Å². The van der Waals surface area contributed by atoms with Gasteiger partial charge in [-0.3, -0.25) is 4.79 Å². The van der Waals surface area contributed by atoms with Crippen LogP contribution in [0, 0.1) is 6.92 Å². The fourth-order valence-electron chi connectivity index (χ4n) is 1.08. The highest BCUT2D eigenvalue weighted by Gasteiger charge is 2.11. The minimum absolute atomic E-state index is 0.0139. The molecule has 2 nitrogen and oxygen atoms in total. The molecule has 0 atom stereocenters. The Morgan fingerprint density at radius 2 is 2.00 bits per heavy atom. The van der Waals surface area contributed by atoms with Gasteiger partial charge in [0.25, 0.3) is 5.91 Å². The van der Waals surface area contributed by atoms with Gasteiger partial charge in [-0.2, -0.15) is 0 Å². The summed E-state index contributed by atoms with van der Waals surface area (Å²) in [4.78, 5) is 13.1. The molecule has 70 valence electrons. The number of amides is 1. The van der Waals surface area contributed by atoms with Gasteiger partial charge in [0.2, 0.25) is 0 Å². The number of carbonyl (C=O) groups is 1. The molecule has 0 radical (unpaired) electrons. The Bertz CT molecular complexity index is 334. The van der Waals surface area contributed by atoms with Crippen molar-refractivity contribution < 1.29 is 4.79 Å². The second-order valence-electron chi connectivity index (χ2n) is 3.11. The Kier molecular flexibility index (Phi) is 2.94. The molecule has 0 aliphatic carbocycles. The minimum atomic E-state index is -0.0139. The summed E-state index contributed by atoms with van der Waals surface area (Å²) >= 11 is 5.89. The Morgan fingerprint density at radius 3 is 2.54 bits per heavy atom. The molecule has 0 fully saturated rings. The van der Waals surface area contributed by atoms with Crippen LogP contribution in [0.25, 0.3) is 0 Å². The molecule has 0 N–H and O–H groups in total. The number of hydrogen-bond donors (Lipinski definition) is 0. The first kappa shape index (κ1) is 10.1. The summed E-state index contributed by atoms with van der Waals surface area (Å²) in [5, 5.41) is 0.632. The molecule has 1 rings (SSSR count). The molecule has 0 aromatic heterocycles. The van der Waals surface area contributed by atoms with Crippen molar-refractivity contribution >= 4 is 17.5 Å². The zero-order valence-electron chi connectivity index (χ0n) is 7.97. The molecule has 0 aliphatic rings. The summed E-state index contributed by atoms with van der Waals surface area (Å²) in [6.07, 6.45) is 0. The van der Waals surface area contributed by atoms with E-state index in [9.17, 15) is 4.79 Å². The summed E-state index contributed by atoms with van der Waals surface area (Å²) in [5.74, 6) is -0.0139. The predicted molar refractivity (Wildman–Crippen MR) is 54.2 cm³/mol. The van der Waals surface area contributed by atoms with Crippen LogP contribution in [0.4, 0.5) is 0 Å². The number of hydrogen-bond acceptors (Lipinski definition) is 1. The van der Waals surface area contributed by atoms with Crippen molar-refractivity contribution in [1.29, 1.82) is 0 Å². The van der Waals surface area contributed by atoms with Gasteiger partial charge in [-0.05, 0) is 24.6 Å². The standard InChI is InChI=1S/C10H12ClNO/c1-7-8(10(13)12(2)3)5-4-6-9(7)11/h4-6H,1-3H3. The molecule has 13 heavy (non-hydrogen) atoms. The molecule has 0 heterocycles. The third-order valence-corrected chi connectivity index (χ3v) is 2.31. The van der Waals surface area contributed by atoms with Crippen LogP contribution in [-0.2, 0) is 0 Å². The van der Waals surface area contributed by atoms with Gasteiger partial charge < -0.3 is 4.90 Å². The van der Waals surface area contributed by atoms with E-state index in [0.29, 0.717) is 10.6 Å². The lowest BCUT2D eigenvalue weighted by molar-refractivity contribution is 0.0827. The van der Waals surface area contributed by atoms with Crippen molar-refractivity contribution in [2.24, 2.45) is 0 Å². The van der Waals surface area contributed by atoms with Crippen LogP contribution in [0.5, 0.6) is 0 Å². The molecule has 0 spiro atoms. The monoisotopic (exact) mass is 197 g/mol. The van der Waals surface area contributed by atoms with Crippen LogP contribution >= 0.6 is 11.6 Å². The highest BCUT2D eigenvalue weighted by atomic mass is 35.5. The third kappa shape index (κ3) is 2.01. The van der Waals surface area contributed by atoms with E-state index >= 15 is 0 Å². The van der Waals surface area contributed by atoms with Crippen LogP contribution in [0.15, 0.2) is 18.2 Å². The predicted octanol–water partition coefficient (Wildman–Crippen LogP) is 2.35. The molecule has 0 saturated carbocycles. The quantitative estimate of drug-likeness (QED) is 0.677. The van der Waals surface area contributed by atoms with Gasteiger partial charge in [0.15, 0.2) is 0 Å². The molecule has 0 bridgehead atoms. The molecule has 1 amide bonds. The normalized spacial score (nSPS) is 9.85. The van der Waals surface area contributed by atoms with Crippen molar-refractivity contribution in [2.45, 2.75) is 6.92 Å². The smallest absolute Gasteiger partial charge is 0.253 e. The van der Waals surface area contributed by atoms with Gasteiger partial charge in [-0.25, -0.2) is 0 Å². The SMILES string of the molecule is Cc1c(Cl)cccc1C(=O)N(C)C. The van der Waals surface area contributed by atoms with Gasteiger partial charge in [0, 0.05) is 24.7 Å². The number of nitrogens with zero attached hydrogens (tertiary/aromatic N) is 1. The molecule has 0 saturated heterocycles. The second-order valence-corrected chi connectivity index (χ2v) is 3.52. The number of carbonyl (C=O) groups excluding carboxylic acids is 1. The second kappa shape index (κ2) is 3.79. The summed E-state index contributed by atoms with van der Waals surface area (Å²) in [6.45, 7) is 1.85. The van der Waals surface area contributed by atoms with Crippen molar-refractivity contribution in [3.05, 3.63) is 34.3 Å². The van der Waals surface area contributed by atoms with E-state index < -0.39 is 0 Å². The number of benzene rings is 1. The maximum absolute atomic E-state index is 11.6. The van der Waals surface area contributed by atoms with Crippen LogP contribution in [-0.4, -0.2) is 24.9 Å². The first-order valence-electron chi connectivity index (χ1n) is 4.01. The lowest BCUT2D eigenvalue weighted by Crippen LogP contribution is -2.22. The zero-order chi connectivity index (χ0) is 10.0. The fourth-order valence-corrected chi connectivity index (χ4v) is 1.25. The summed E-state index contributed by atoms with van der Waals surface area (Å²) in [7, 11) is 3.45. The van der Waals surface area contributed by atoms with Crippen LogP contribution in [0.3, 0.4) is 0 Å². The molecular weight excluding hydrogens is 186 g/mol. The van der Waals surface area contributed by atoms with Gasteiger partial charge in [-0.1, -0.05) is 17.7 Å². The molecule has 1 aromatic carbocycles. The lowest BCUT2D eigenvalue weighted by atomic mass is 10.1. The Labute approximate surface area is 83.1 Å². The van der Waals surface area contributed by atoms with Gasteiger partial charge in [0.05, 0.1) is 0 Å². The van der Waals surface area contributed by atoms with E-state index in [1.165, 1.54) is 0 Å². The van der Waals surface area contributed by atoms with E-state index in [1.807, 2.05) is 6.92 Å². The molecule has 1 aromatic rings. The van der Waals surface area contributed by atoms with Crippen molar-refractivity contribution in [2.75, 3.05) is 14.1 Å². The average molecular weight is 198 g/mol. The Balaban J connectivity index is 3.15. The van der Waals surface area contributed by atoms with Gasteiger partial charge in [-0.15, -0.1) is 0 Å². The number of halogens is 1. The maximum Gasteiger partial charge on any atom is 0.253 e. The third-order valence-electron chi connectivity index (χ3n) is 1.90. The highest BCUT2D eigenvalue weighted by molar-refractivity contribution is 6.31. The molecule has 3 heteroatoms. The van der Waals surface area contributed by atoms with Crippen LogP contribution in [0.1, 0.15) is 15.9 Å². The minimum Gasteiger partial charge on any atom is -0.345 e. The maximum atomic E-state index is 11.6. The zero-order valence-corrected chi connectivity index (χ0v) is 8.72. The summed E-state index contributed by atoms with van der Waals surface area (Å²) in [5.41, 5.74) is 1.50. The van der Waals surface area contributed by atoms with E-state index in [1.54, 1.807) is 37.2 Å². The largest absolute Gasteiger partial charge is 0.345 e. The Hall–Kier alpha value is -1.02. The highest BCUT2D eigenvalue weighted by Crippen LogP contribution is 2.19. The van der Waals surface area contributed by atoms with E-state index in [4.69, 9.17) is 11.6 Å². The Morgan fingerprint density at radius 1 is 1.38 bits per heavy atom. The van der Waals surface area contributed by atoms with E-state index in [0.717, 1.165) is 5.56 Å². The summed E-state index contributed by atoms with van der Waals surface area (Å²) < 4.78 is 0. The van der Waals surface area contributed by atoms with Crippen molar-refractivity contribution in [3.8, 4) is 0 Å². The fraction of sp³-hybridized carbons (Fsp3) is 0.300. The number of rotatable bonds is 1. The van der Waals surface area contributed by atoms with E-state index in [-0.39, 0.29) is 5.91 Å². The topological polar surface area (TPSA) is 20.3 Å². The van der Waals surface area contributed by atoms with Crippen LogP contribution in [0.2, 0.25) is 5.02 Å². The van der Waals surface area contributed by atoms with Crippen molar-refractivity contribution in [1.82, 2.24) is 4.90 Å². The molecule has 0 unspecified atom stereocenters. The first-order valence-corrected chi connectivity index (χ1v) is 4.38. The van der Waals surface area contributed by atoms with Crippen LogP contribution < -0.4 is 0 Å². The summed E-state index contributed by atoms with van der Waals surface area (Å²) in [6, 6.07) is 5.35. The molecular formula is C10H12ClNO.